The molecule has 3 aliphatic heterocycles. The van der Waals surface area contributed by atoms with Crippen molar-refractivity contribution in [2.75, 3.05) is 18.9 Å². The molecule has 0 aliphatic carbocycles. The Morgan fingerprint density at radius 1 is 1.00 bits per heavy atom. The van der Waals surface area contributed by atoms with Crippen LogP contribution in [0.3, 0.4) is 0 Å². The SMILES string of the molecule is Nc1ncnc2c1ncn2[C@@H]1O[C@@H]2COP(=O)(O)O[C@@H]3[C@H](O)[C@@H](COP(O)(=S)O[C@H]2C1F)O[C@H]3n1cnc2c(=O)[nH]ncc21. The van der Waals surface area contributed by atoms with Gasteiger partial charge in [-0.2, -0.15) is 5.10 Å². The summed E-state index contributed by atoms with van der Waals surface area (Å²) < 4.78 is 64.7. The van der Waals surface area contributed by atoms with Gasteiger partial charge in [-0.3, -0.25) is 27.5 Å². The monoisotopic (exact) mass is 677 g/mol. The Morgan fingerprint density at radius 2 is 1.73 bits per heavy atom. The Labute approximate surface area is 248 Å². The van der Waals surface area contributed by atoms with Crippen LogP contribution in [0.15, 0.2) is 30.0 Å². The summed E-state index contributed by atoms with van der Waals surface area (Å²) in [6.45, 7) is -5.71. The second-order valence-electron chi connectivity index (χ2n) is 9.90. The van der Waals surface area contributed by atoms with E-state index in [9.17, 15) is 24.3 Å². The van der Waals surface area contributed by atoms with Gasteiger partial charge in [0.1, 0.15) is 42.4 Å². The number of nitrogens with two attached hydrogens (primary N) is 1. The number of aliphatic hydroxyl groups is 1. The van der Waals surface area contributed by atoms with Crippen molar-refractivity contribution in [3.05, 3.63) is 35.5 Å². The normalized spacial score (nSPS) is 38.3. The van der Waals surface area contributed by atoms with Crippen molar-refractivity contribution < 1.29 is 51.4 Å². The van der Waals surface area contributed by atoms with Crippen molar-refractivity contribution >= 4 is 54.4 Å². The molecule has 7 rings (SSSR count). The molecular formula is C20H22FN9O11P2S. The van der Waals surface area contributed by atoms with Crippen molar-refractivity contribution in [2.24, 2.45) is 0 Å². The van der Waals surface area contributed by atoms with Crippen LogP contribution in [0, 0.1) is 0 Å². The molecule has 4 aromatic rings. The first kappa shape index (κ1) is 29.8. The molecule has 0 amide bonds. The number of phosphoric ester groups is 1. The van der Waals surface area contributed by atoms with E-state index in [2.05, 4.69) is 30.1 Å². The first-order valence-electron chi connectivity index (χ1n) is 12.7. The van der Waals surface area contributed by atoms with Crippen LogP contribution in [0.5, 0.6) is 0 Å². The third-order valence-corrected chi connectivity index (χ3v) is 9.77. The average molecular weight is 677 g/mol. The number of halogens is 1. The van der Waals surface area contributed by atoms with Crippen molar-refractivity contribution in [3.8, 4) is 0 Å². The molecule has 0 radical (unpaired) electrons. The molecular weight excluding hydrogens is 655 g/mol. The van der Waals surface area contributed by atoms with Crippen LogP contribution >= 0.6 is 14.5 Å². The molecule has 3 fully saturated rings. The number of hydrogen-bond donors (Lipinski definition) is 5. The predicted molar refractivity (Wildman–Crippen MR) is 145 cm³/mol. The Bertz CT molecular complexity index is 1890. The minimum atomic E-state index is -5.06. The molecule has 44 heavy (non-hydrogen) atoms. The number of imidazole rings is 2. The zero-order valence-electron chi connectivity index (χ0n) is 21.8. The van der Waals surface area contributed by atoms with Crippen LogP contribution in [0.25, 0.3) is 22.2 Å². The van der Waals surface area contributed by atoms with E-state index in [-0.39, 0.29) is 28.0 Å². The van der Waals surface area contributed by atoms with Crippen molar-refractivity contribution in [1.82, 2.24) is 39.3 Å². The van der Waals surface area contributed by atoms with Gasteiger partial charge in [0.15, 0.2) is 35.6 Å². The molecule has 2 bridgehead atoms. The number of fused-ring (bicyclic) bond motifs is 5. The number of nitrogens with one attached hydrogen (secondary N) is 1. The summed E-state index contributed by atoms with van der Waals surface area (Å²) in [5, 5.41) is 17.0. The number of phosphoric acid groups is 1. The molecule has 20 nitrogen and oxygen atoms in total. The second kappa shape index (κ2) is 10.9. The first-order chi connectivity index (χ1) is 20.9. The summed E-state index contributed by atoms with van der Waals surface area (Å²) in [7, 11) is -5.06. The molecule has 6 N–H and O–H groups in total. The molecule has 4 aromatic heterocycles. The highest BCUT2D eigenvalue weighted by Crippen LogP contribution is 2.54. The summed E-state index contributed by atoms with van der Waals surface area (Å²) in [4.78, 5) is 49.7. The van der Waals surface area contributed by atoms with Gasteiger partial charge in [0, 0.05) is 0 Å². The maximum absolute atomic E-state index is 15.9. The highest BCUT2D eigenvalue weighted by molar-refractivity contribution is 8.07. The predicted octanol–water partition coefficient (Wildman–Crippen LogP) is -0.830. The summed E-state index contributed by atoms with van der Waals surface area (Å²) in [6.07, 6.45) is -7.85. The fourth-order valence-electron chi connectivity index (χ4n) is 5.21. The summed E-state index contributed by atoms with van der Waals surface area (Å²) in [5.74, 6) is 0.0333. The molecule has 0 spiro atoms. The van der Waals surface area contributed by atoms with Gasteiger partial charge in [0.2, 0.25) is 0 Å². The van der Waals surface area contributed by atoms with Crippen LogP contribution < -0.4 is 11.3 Å². The number of aromatic amines is 1. The number of aromatic nitrogens is 8. The van der Waals surface area contributed by atoms with Gasteiger partial charge in [-0.15, -0.1) is 0 Å². The third kappa shape index (κ3) is 5.15. The van der Waals surface area contributed by atoms with Crippen molar-refractivity contribution in [3.63, 3.8) is 0 Å². The smallest absolute Gasteiger partial charge is 0.387 e. The van der Waals surface area contributed by atoms with E-state index in [1.807, 2.05) is 0 Å². The van der Waals surface area contributed by atoms with Gasteiger partial charge in [-0.25, -0.2) is 34.0 Å². The zero-order valence-corrected chi connectivity index (χ0v) is 24.4. The van der Waals surface area contributed by atoms with Crippen LogP contribution in [0.1, 0.15) is 12.5 Å². The lowest BCUT2D eigenvalue weighted by atomic mass is 10.1. The van der Waals surface area contributed by atoms with Gasteiger partial charge in [-0.1, -0.05) is 0 Å². The number of aliphatic hydroxyl groups excluding tert-OH is 1. The summed E-state index contributed by atoms with van der Waals surface area (Å²) in [6, 6.07) is 0. The number of nitrogen functional groups attached to an aromatic ring is 1. The lowest BCUT2D eigenvalue weighted by molar-refractivity contribution is -0.0641. The molecule has 7 heterocycles. The van der Waals surface area contributed by atoms with E-state index in [4.69, 9.17) is 45.1 Å². The maximum Gasteiger partial charge on any atom is 0.472 e. The molecule has 3 aliphatic rings. The summed E-state index contributed by atoms with van der Waals surface area (Å²) >= 11 is 5.12. The zero-order chi connectivity index (χ0) is 31.0. The van der Waals surface area contributed by atoms with Gasteiger partial charge in [0.25, 0.3) is 5.56 Å². The topological polar surface area (TPSA) is 266 Å². The number of hydrogen-bond acceptors (Lipinski definition) is 16. The molecule has 0 saturated carbocycles. The Balaban J connectivity index is 1.20. The number of nitrogens with zero attached hydrogens (tertiary/aromatic N) is 7. The third-order valence-electron chi connectivity index (χ3n) is 7.23. The molecule has 24 heteroatoms. The number of ether oxygens (including phenoxy) is 2. The molecule has 0 aromatic carbocycles. The number of anilines is 1. The molecule has 3 unspecified atom stereocenters. The molecule has 3 saturated heterocycles. The van der Waals surface area contributed by atoms with E-state index >= 15 is 4.39 Å². The Morgan fingerprint density at radius 3 is 2.55 bits per heavy atom. The first-order valence-corrected chi connectivity index (χ1v) is 16.8. The Kier molecular flexibility index (Phi) is 7.39. The molecule has 236 valence electrons. The Hall–Kier alpha value is -2.85. The number of alkyl halides is 1. The second-order valence-corrected chi connectivity index (χ2v) is 14.1. The van der Waals surface area contributed by atoms with E-state index in [1.54, 1.807) is 0 Å². The quantitative estimate of drug-likeness (QED) is 0.162. The average Bonchev–Trinajstić information content (AvgIpc) is 3.73. The van der Waals surface area contributed by atoms with Crippen LogP contribution in [-0.4, -0.2) is 104 Å². The maximum atomic E-state index is 15.9. The van der Waals surface area contributed by atoms with Crippen molar-refractivity contribution in [2.45, 2.75) is 49.1 Å². The van der Waals surface area contributed by atoms with Gasteiger partial charge in [-0.05, 0) is 11.8 Å². The van der Waals surface area contributed by atoms with Crippen LogP contribution in [-0.2, 0) is 43.9 Å². The van der Waals surface area contributed by atoms with Gasteiger partial charge < -0.3 is 34.6 Å². The largest absolute Gasteiger partial charge is 0.472 e. The van der Waals surface area contributed by atoms with E-state index < -0.39 is 82.5 Å². The minimum absolute atomic E-state index is 0.0333. The summed E-state index contributed by atoms with van der Waals surface area (Å²) in [5.41, 5.74) is 5.60. The fraction of sp³-hybridized carbons (Fsp3) is 0.500. The van der Waals surface area contributed by atoms with E-state index in [0.29, 0.717) is 0 Å². The highest BCUT2D eigenvalue weighted by atomic mass is 32.5. The van der Waals surface area contributed by atoms with Gasteiger partial charge in [0.05, 0.1) is 37.6 Å². The van der Waals surface area contributed by atoms with Gasteiger partial charge >= 0.3 is 14.5 Å². The fourth-order valence-corrected chi connectivity index (χ4v) is 7.58. The highest BCUT2D eigenvalue weighted by Gasteiger charge is 2.53. The van der Waals surface area contributed by atoms with Crippen LogP contribution in [0.4, 0.5) is 10.2 Å². The van der Waals surface area contributed by atoms with E-state index in [1.165, 1.54) is 28.0 Å². The number of H-pyrrole nitrogens is 1. The lowest BCUT2D eigenvalue weighted by Crippen LogP contribution is -2.35. The standard InChI is InChI=1S/C20H22FN9O11P2S/c21-10-14-9(39-19(10)30-6-26-12-16(22)23-4-24-17(12)30)3-36-42(33,34)40-15-13(31)8(2-37-43(35,44)41-14)38-20(15)29-5-25-11-7(29)1-27-28-18(11)32/h1,4-6,8-10,13-15,19-20,31H,2-3H2,(H,28,32)(H,33,34)(H,35,44)(H2,22,23,24)/t8-,9-,10?,13-,14-,15-,19-,20-,43?/m1/s1. The minimum Gasteiger partial charge on any atom is -0.387 e. The lowest BCUT2D eigenvalue weighted by Gasteiger charge is -2.26. The number of rotatable bonds is 2. The van der Waals surface area contributed by atoms with E-state index in [0.717, 1.165) is 6.33 Å². The molecule has 10 atom stereocenters. The van der Waals surface area contributed by atoms with Crippen molar-refractivity contribution in [1.29, 1.82) is 0 Å². The van der Waals surface area contributed by atoms with Crippen LogP contribution in [0.2, 0.25) is 0 Å².